The second-order valence-corrected chi connectivity index (χ2v) is 5.61. The van der Waals surface area contributed by atoms with Crippen LogP contribution in [0.2, 0.25) is 5.02 Å². The zero-order valence-corrected chi connectivity index (χ0v) is 13.1. The van der Waals surface area contributed by atoms with E-state index in [0.29, 0.717) is 15.2 Å². The molecule has 2 aromatic carbocycles. The summed E-state index contributed by atoms with van der Waals surface area (Å²) in [5.41, 5.74) is 1.51. The molecule has 19 heavy (non-hydrogen) atoms. The van der Waals surface area contributed by atoms with Crippen molar-refractivity contribution in [3.63, 3.8) is 0 Å². The Morgan fingerprint density at radius 3 is 2.42 bits per heavy atom. The molecule has 0 aliphatic heterocycles. The Morgan fingerprint density at radius 2 is 1.84 bits per heavy atom. The predicted octanol–water partition coefficient (Wildman–Crippen LogP) is 5.58. The normalized spacial score (nSPS) is 12.3. The van der Waals surface area contributed by atoms with Gasteiger partial charge in [-0.05, 0) is 35.4 Å². The molecular formula is C14H10BrCl2FO. The lowest BCUT2D eigenvalue weighted by Crippen LogP contribution is -1.97. The van der Waals surface area contributed by atoms with Crippen LogP contribution in [0.25, 0.3) is 0 Å². The standard InChI is InChI=1S/C14H10BrCl2FO/c1-19-9-3-5-11(13(16)7-9)14(17)10-4-2-8(18)6-12(10)15/h2-7,14H,1H3. The summed E-state index contributed by atoms with van der Waals surface area (Å²) in [6.45, 7) is 0. The van der Waals surface area contributed by atoms with E-state index in [-0.39, 0.29) is 5.82 Å². The highest BCUT2D eigenvalue weighted by molar-refractivity contribution is 9.10. The molecule has 5 heteroatoms. The van der Waals surface area contributed by atoms with Gasteiger partial charge in [-0.25, -0.2) is 4.39 Å². The third-order valence-corrected chi connectivity index (χ3v) is 4.20. The minimum Gasteiger partial charge on any atom is -0.497 e. The van der Waals surface area contributed by atoms with Crippen molar-refractivity contribution in [2.45, 2.75) is 5.38 Å². The largest absolute Gasteiger partial charge is 0.497 e. The van der Waals surface area contributed by atoms with Crippen molar-refractivity contribution in [2.75, 3.05) is 7.11 Å². The maximum absolute atomic E-state index is 13.1. The molecule has 0 N–H and O–H groups in total. The highest BCUT2D eigenvalue weighted by Gasteiger charge is 2.17. The van der Waals surface area contributed by atoms with E-state index >= 15 is 0 Å². The highest BCUT2D eigenvalue weighted by atomic mass is 79.9. The average molecular weight is 364 g/mol. The van der Waals surface area contributed by atoms with E-state index in [4.69, 9.17) is 27.9 Å². The second kappa shape index (κ2) is 6.12. The van der Waals surface area contributed by atoms with Crippen LogP contribution >= 0.6 is 39.1 Å². The van der Waals surface area contributed by atoms with E-state index in [9.17, 15) is 4.39 Å². The van der Waals surface area contributed by atoms with Gasteiger partial charge in [0.25, 0.3) is 0 Å². The zero-order chi connectivity index (χ0) is 14.0. The molecule has 0 saturated heterocycles. The molecule has 0 amide bonds. The summed E-state index contributed by atoms with van der Waals surface area (Å²) in [7, 11) is 1.57. The van der Waals surface area contributed by atoms with Gasteiger partial charge in [0.2, 0.25) is 0 Å². The number of hydrogen-bond acceptors (Lipinski definition) is 1. The molecule has 0 spiro atoms. The Bertz CT molecular complexity index is 604. The molecule has 0 heterocycles. The van der Waals surface area contributed by atoms with Gasteiger partial charge in [-0.1, -0.05) is 39.7 Å². The maximum Gasteiger partial charge on any atom is 0.124 e. The van der Waals surface area contributed by atoms with Gasteiger partial charge in [0.05, 0.1) is 12.5 Å². The van der Waals surface area contributed by atoms with Gasteiger partial charge in [-0.15, -0.1) is 11.6 Å². The first-order valence-corrected chi connectivity index (χ1v) is 7.06. The minimum absolute atomic E-state index is 0.319. The Labute approximate surface area is 129 Å². The molecule has 0 saturated carbocycles. The molecule has 0 bridgehead atoms. The number of halogens is 4. The van der Waals surface area contributed by atoms with E-state index in [1.54, 1.807) is 31.4 Å². The first-order chi connectivity index (χ1) is 9.02. The van der Waals surface area contributed by atoms with Crippen LogP contribution in [-0.4, -0.2) is 7.11 Å². The SMILES string of the molecule is COc1ccc(C(Cl)c2ccc(F)cc2Br)c(Cl)c1. The first-order valence-electron chi connectivity index (χ1n) is 5.45. The summed E-state index contributed by atoms with van der Waals surface area (Å²) >= 11 is 15.9. The lowest BCUT2D eigenvalue weighted by Gasteiger charge is -2.14. The van der Waals surface area contributed by atoms with Crippen molar-refractivity contribution in [3.8, 4) is 5.75 Å². The van der Waals surface area contributed by atoms with Crippen LogP contribution < -0.4 is 4.74 Å². The Kier molecular flexibility index (Phi) is 4.71. The number of alkyl halides is 1. The van der Waals surface area contributed by atoms with Crippen molar-refractivity contribution in [2.24, 2.45) is 0 Å². The van der Waals surface area contributed by atoms with Crippen molar-refractivity contribution in [3.05, 3.63) is 62.8 Å². The fourth-order valence-electron chi connectivity index (χ4n) is 1.71. The number of benzene rings is 2. The van der Waals surface area contributed by atoms with Gasteiger partial charge in [0.1, 0.15) is 11.6 Å². The molecule has 1 unspecified atom stereocenters. The smallest absolute Gasteiger partial charge is 0.124 e. The Hall–Kier alpha value is -0.770. The lowest BCUT2D eigenvalue weighted by molar-refractivity contribution is 0.414. The molecule has 1 nitrogen and oxygen atoms in total. The Balaban J connectivity index is 2.41. The molecule has 0 aliphatic carbocycles. The molecule has 1 atom stereocenters. The van der Waals surface area contributed by atoms with Crippen LogP contribution in [0.15, 0.2) is 40.9 Å². The van der Waals surface area contributed by atoms with Gasteiger partial charge in [0, 0.05) is 9.50 Å². The number of ether oxygens (including phenoxy) is 1. The molecular weight excluding hydrogens is 354 g/mol. The highest BCUT2D eigenvalue weighted by Crippen LogP contribution is 2.38. The van der Waals surface area contributed by atoms with Crippen LogP contribution in [0.4, 0.5) is 4.39 Å². The van der Waals surface area contributed by atoms with E-state index in [1.165, 1.54) is 12.1 Å². The van der Waals surface area contributed by atoms with Crippen LogP contribution in [0.1, 0.15) is 16.5 Å². The third kappa shape index (κ3) is 3.22. The lowest BCUT2D eigenvalue weighted by atomic mass is 10.0. The third-order valence-electron chi connectivity index (χ3n) is 2.72. The van der Waals surface area contributed by atoms with Gasteiger partial charge in [0.15, 0.2) is 0 Å². The van der Waals surface area contributed by atoms with Gasteiger partial charge in [-0.3, -0.25) is 0 Å². The maximum atomic E-state index is 13.1. The molecule has 0 radical (unpaired) electrons. The summed E-state index contributed by atoms with van der Waals surface area (Å²) in [4.78, 5) is 0. The van der Waals surface area contributed by atoms with Crippen LogP contribution in [0, 0.1) is 5.82 Å². The summed E-state index contributed by atoms with van der Waals surface area (Å²) in [5.74, 6) is 0.344. The monoisotopic (exact) mass is 362 g/mol. The summed E-state index contributed by atoms with van der Waals surface area (Å²) < 4.78 is 18.8. The molecule has 0 aromatic heterocycles. The predicted molar refractivity (Wildman–Crippen MR) is 79.8 cm³/mol. The fraction of sp³-hybridized carbons (Fsp3) is 0.143. The first kappa shape index (κ1) is 14.6. The van der Waals surface area contributed by atoms with Crippen molar-refractivity contribution >= 4 is 39.1 Å². The average Bonchev–Trinajstić information content (AvgIpc) is 2.37. The number of hydrogen-bond donors (Lipinski definition) is 0. The summed E-state index contributed by atoms with van der Waals surface area (Å²) in [5, 5.41) is 0.0453. The van der Waals surface area contributed by atoms with E-state index in [2.05, 4.69) is 15.9 Å². The van der Waals surface area contributed by atoms with Crippen LogP contribution in [-0.2, 0) is 0 Å². The van der Waals surface area contributed by atoms with Crippen molar-refractivity contribution in [1.82, 2.24) is 0 Å². The van der Waals surface area contributed by atoms with Crippen molar-refractivity contribution in [1.29, 1.82) is 0 Å². The zero-order valence-electron chi connectivity index (χ0n) is 9.96. The molecule has 2 rings (SSSR count). The minimum atomic E-state index is -0.464. The van der Waals surface area contributed by atoms with Crippen LogP contribution in [0.3, 0.4) is 0 Å². The second-order valence-electron chi connectivity index (χ2n) is 3.92. The van der Waals surface area contributed by atoms with Crippen LogP contribution in [0.5, 0.6) is 5.75 Å². The van der Waals surface area contributed by atoms with Gasteiger partial charge < -0.3 is 4.74 Å². The number of methoxy groups -OCH3 is 1. The fourth-order valence-corrected chi connectivity index (χ4v) is 3.14. The van der Waals surface area contributed by atoms with Crippen molar-refractivity contribution < 1.29 is 9.13 Å². The van der Waals surface area contributed by atoms with E-state index in [0.717, 1.165) is 11.1 Å². The Morgan fingerprint density at radius 1 is 1.16 bits per heavy atom. The molecule has 0 fully saturated rings. The van der Waals surface area contributed by atoms with E-state index < -0.39 is 5.38 Å². The quantitative estimate of drug-likeness (QED) is 0.647. The topological polar surface area (TPSA) is 9.23 Å². The molecule has 2 aromatic rings. The summed E-state index contributed by atoms with van der Waals surface area (Å²) in [6, 6.07) is 9.67. The van der Waals surface area contributed by atoms with E-state index in [1.807, 2.05) is 0 Å². The van der Waals surface area contributed by atoms with Gasteiger partial charge in [-0.2, -0.15) is 0 Å². The summed E-state index contributed by atoms with van der Waals surface area (Å²) in [6.07, 6.45) is 0. The van der Waals surface area contributed by atoms with Gasteiger partial charge >= 0.3 is 0 Å². The molecule has 0 aliphatic rings. The number of rotatable bonds is 3. The molecule has 100 valence electrons.